The van der Waals surface area contributed by atoms with E-state index in [-0.39, 0.29) is 41.4 Å². The van der Waals surface area contributed by atoms with E-state index < -0.39 is 11.6 Å². The lowest BCUT2D eigenvalue weighted by molar-refractivity contribution is -0.152. The summed E-state index contributed by atoms with van der Waals surface area (Å²) in [5.41, 5.74) is 1.01. The molecule has 2 bridgehead atoms. The fourth-order valence-corrected chi connectivity index (χ4v) is 5.05. The summed E-state index contributed by atoms with van der Waals surface area (Å²) in [7, 11) is 1.38. The predicted molar refractivity (Wildman–Crippen MR) is 105 cm³/mol. The van der Waals surface area contributed by atoms with Crippen LogP contribution < -0.4 is 5.32 Å². The van der Waals surface area contributed by atoms with Gasteiger partial charge in [0.25, 0.3) is 0 Å². The number of carbonyl (C=O) groups is 1. The van der Waals surface area contributed by atoms with Crippen LogP contribution in [0, 0.1) is 29.4 Å². The first-order chi connectivity index (χ1) is 14.5. The van der Waals surface area contributed by atoms with Crippen LogP contribution in [0.1, 0.15) is 25.7 Å². The van der Waals surface area contributed by atoms with Crippen LogP contribution in [-0.2, 0) is 9.53 Å². The molecule has 7 nitrogen and oxygen atoms in total. The Morgan fingerprint density at radius 1 is 1.17 bits per heavy atom. The molecule has 3 aliphatic rings. The second-order valence-corrected chi connectivity index (χ2v) is 8.04. The molecule has 2 N–H and O–H groups in total. The number of aromatic amines is 1. The highest BCUT2D eigenvalue weighted by Gasteiger charge is 2.48. The molecule has 3 aliphatic carbocycles. The number of fused-ring (bicyclic) bond motifs is 4. The lowest BCUT2D eigenvalue weighted by atomic mass is 9.61. The zero-order valence-electron chi connectivity index (χ0n) is 16.4. The maximum atomic E-state index is 14.6. The van der Waals surface area contributed by atoms with Gasteiger partial charge in [-0.3, -0.25) is 4.79 Å². The van der Waals surface area contributed by atoms with Gasteiger partial charge in [0, 0.05) is 23.2 Å². The second-order valence-electron chi connectivity index (χ2n) is 8.04. The van der Waals surface area contributed by atoms with E-state index in [1.54, 1.807) is 6.20 Å². The van der Waals surface area contributed by atoms with Gasteiger partial charge in [-0.25, -0.2) is 23.7 Å². The van der Waals surface area contributed by atoms with E-state index in [1.807, 2.05) is 0 Å². The van der Waals surface area contributed by atoms with E-state index in [4.69, 9.17) is 4.74 Å². The minimum absolute atomic E-state index is 0.0326. The van der Waals surface area contributed by atoms with Crippen LogP contribution in [0.5, 0.6) is 0 Å². The lowest BCUT2D eigenvalue weighted by Gasteiger charge is -2.47. The van der Waals surface area contributed by atoms with Gasteiger partial charge in [0.1, 0.15) is 11.5 Å². The molecule has 0 radical (unpaired) electrons. The largest absolute Gasteiger partial charge is 0.469 e. The molecule has 3 aromatic rings. The lowest BCUT2D eigenvalue weighted by Crippen LogP contribution is -2.52. The molecule has 156 valence electrons. The summed E-state index contributed by atoms with van der Waals surface area (Å²) in [4.78, 5) is 27.8. The van der Waals surface area contributed by atoms with Gasteiger partial charge in [0.15, 0.2) is 17.5 Å². The third-order valence-electron chi connectivity index (χ3n) is 6.48. The van der Waals surface area contributed by atoms with Crippen molar-refractivity contribution in [3.63, 3.8) is 0 Å². The number of anilines is 1. The first kappa shape index (κ1) is 18.9. The van der Waals surface area contributed by atoms with Gasteiger partial charge >= 0.3 is 5.97 Å². The van der Waals surface area contributed by atoms with Crippen molar-refractivity contribution in [2.75, 3.05) is 12.4 Å². The molecule has 3 fully saturated rings. The summed E-state index contributed by atoms with van der Waals surface area (Å²) >= 11 is 0. The number of esters is 1. The normalized spacial score (nSPS) is 25.4. The molecule has 0 saturated heterocycles. The monoisotopic (exact) mass is 413 g/mol. The topological polar surface area (TPSA) is 92.8 Å². The summed E-state index contributed by atoms with van der Waals surface area (Å²) in [6.45, 7) is 0. The first-order valence-electron chi connectivity index (χ1n) is 10.0. The molecule has 30 heavy (non-hydrogen) atoms. The Morgan fingerprint density at radius 2 is 1.93 bits per heavy atom. The summed E-state index contributed by atoms with van der Waals surface area (Å²) in [6, 6.07) is 1.09. The van der Waals surface area contributed by atoms with Crippen molar-refractivity contribution in [1.29, 1.82) is 0 Å². The number of methoxy groups -OCH3 is 1. The van der Waals surface area contributed by atoms with E-state index in [9.17, 15) is 13.6 Å². The highest BCUT2D eigenvalue weighted by molar-refractivity contribution is 5.91. The van der Waals surface area contributed by atoms with Crippen LogP contribution in [0.2, 0.25) is 0 Å². The smallest absolute Gasteiger partial charge is 0.311 e. The van der Waals surface area contributed by atoms with Crippen molar-refractivity contribution < 1.29 is 18.3 Å². The number of carbonyl (C=O) groups excluding carboxylic acids is 1. The summed E-state index contributed by atoms with van der Waals surface area (Å²) in [6.07, 6.45) is 7.76. The molecule has 3 aromatic heterocycles. The SMILES string of the molecule is COC(=O)C1C2CCC(CC2)C1Nc1nc(-c2c[nH]c3ncc(F)cc23)ncc1F. The third kappa shape index (κ3) is 3.09. The number of hydrogen-bond donors (Lipinski definition) is 2. The molecule has 0 aliphatic heterocycles. The van der Waals surface area contributed by atoms with E-state index >= 15 is 0 Å². The predicted octanol–water partition coefficient (Wildman–Crippen LogP) is 3.69. The van der Waals surface area contributed by atoms with E-state index in [0.717, 1.165) is 38.1 Å². The number of rotatable bonds is 4. The Labute approximate surface area is 171 Å². The molecule has 9 heteroatoms. The number of nitrogens with zero attached hydrogens (tertiary/aromatic N) is 3. The van der Waals surface area contributed by atoms with Gasteiger partial charge in [0.05, 0.1) is 25.4 Å². The fraction of sp³-hybridized carbons (Fsp3) is 0.429. The number of pyridine rings is 1. The van der Waals surface area contributed by atoms with Crippen LogP contribution in [-0.4, -0.2) is 39.1 Å². The molecule has 0 amide bonds. The number of nitrogens with one attached hydrogen (secondary N) is 2. The average molecular weight is 413 g/mol. The highest BCUT2D eigenvalue weighted by Crippen LogP contribution is 2.46. The highest BCUT2D eigenvalue weighted by atomic mass is 19.1. The van der Waals surface area contributed by atoms with E-state index in [0.29, 0.717) is 16.6 Å². The number of halogens is 2. The molecule has 2 unspecified atom stereocenters. The van der Waals surface area contributed by atoms with Crippen molar-refractivity contribution in [3.8, 4) is 11.4 Å². The van der Waals surface area contributed by atoms with Gasteiger partial charge in [0.2, 0.25) is 0 Å². The number of ether oxygens (including phenoxy) is 1. The quantitative estimate of drug-likeness (QED) is 0.634. The minimum atomic E-state index is -0.604. The van der Waals surface area contributed by atoms with Crippen LogP contribution in [0.15, 0.2) is 24.7 Å². The molecule has 3 heterocycles. The fourth-order valence-electron chi connectivity index (χ4n) is 5.05. The number of H-pyrrole nitrogens is 1. The first-order valence-corrected chi connectivity index (χ1v) is 10.0. The average Bonchev–Trinajstić information content (AvgIpc) is 3.18. The van der Waals surface area contributed by atoms with Gasteiger partial charge in [-0.15, -0.1) is 0 Å². The Kier molecular flexibility index (Phi) is 4.60. The Morgan fingerprint density at radius 3 is 2.70 bits per heavy atom. The number of hydrogen-bond acceptors (Lipinski definition) is 6. The molecule has 3 saturated carbocycles. The van der Waals surface area contributed by atoms with Crippen molar-refractivity contribution >= 4 is 22.8 Å². The van der Waals surface area contributed by atoms with Crippen LogP contribution in [0.4, 0.5) is 14.6 Å². The number of aromatic nitrogens is 4. The molecule has 0 aromatic carbocycles. The summed E-state index contributed by atoms with van der Waals surface area (Å²) in [5.74, 6) is -0.925. The molecule has 6 rings (SSSR count). The Hall–Kier alpha value is -3.10. The van der Waals surface area contributed by atoms with Gasteiger partial charge in [-0.1, -0.05) is 0 Å². The minimum Gasteiger partial charge on any atom is -0.469 e. The molecule has 2 atom stereocenters. The van der Waals surface area contributed by atoms with E-state index in [1.165, 1.54) is 13.2 Å². The maximum Gasteiger partial charge on any atom is 0.311 e. The zero-order chi connectivity index (χ0) is 20.8. The third-order valence-corrected chi connectivity index (χ3v) is 6.48. The second kappa shape index (κ2) is 7.30. The van der Waals surface area contributed by atoms with Gasteiger partial charge in [-0.05, 0) is 43.6 Å². The maximum absolute atomic E-state index is 14.6. The van der Waals surface area contributed by atoms with Crippen LogP contribution in [0.3, 0.4) is 0 Å². The Bertz CT molecular complexity index is 1110. The van der Waals surface area contributed by atoms with Crippen molar-refractivity contribution in [3.05, 3.63) is 36.3 Å². The van der Waals surface area contributed by atoms with Gasteiger partial charge < -0.3 is 15.0 Å². The summed E-state index contributed by atoms with van der Waals surface area (Å²) < 4.78 is 33.3. The van der Waals surface area contributed by atoms with Gasteiger partial charge in [-0.2, -0.15) is 0 Å². The zero-order valence-corrected chi connectivity index (χ0v) is 16.4. The molecular weight excluding hydrogens is 392 g/mol. The van der Waals surface area contributed by atoms with Crippen molar-refractivity contribution in [2.45, 2.75) is 31.7 Å². The van der Waals surface area contributed by atoms with Crippen LogP contribution >= 0.6 is 0 Å². The van der Waals surface area contributed by atoms with E-state index in [2.05, 4.69) is 25.3 Å². The van der Waals surface area contributed by atoms with Crippen LogP contribution in [0.25, 0.3) is 22.4 Å². The molecule has 0 spiro atoms. The summed E-state index contributed by atoms with van der Waals surface area (Å²) in [5, 5.41) is 3.69. The van der Waals surface area contributed by atoms with Crippen molar-refractivity contribution in [2.24, 2.45) is 17.8 Å². The van der Waals surface area contributed by atoms with Crippen molar-refractivity contribution in [1.82, 2.24) is 19.9 Å². The Balaban J connectivity index is 1.50. The molecular formula is C21H21F2N5O2. The standard InChI is InChI=1S/C21H21F2N5O2/c1-30-21(29)16-10-2-4-11(5-3-10)17(16)27-20-15(23)9-26-19(28-20)14-8-25-18-13(14)6-12(22)7-24-18/h6-11,16-17H,2-5H2,1H3,(H,24,25)(H,26,27,28).